The van der Waals surface area contributed by atoms with E-state index in [-0.39, 0.29) is 0 Å². The summed E-state index contributed by atoms with van der Waals surface area (Å²) in [7, 11) is 0. The fraction of sp³-hybridized carbons (Fsp3) is 0.455. The second kappa shape index (κ2) is 10.6. The molecule has 4 heteroatoms. The van der Waals surface area contributed by atoms with Gasteiger partial charge < -0.3 is 14.8 Å². The van der Waals surface area contributed by atoms with Gasteiger partial charge in [-0.15, -0.1) is 0 Å². The van der Waals surface area contributed by atoms with Gasteiger partial charge in [0.1, 0.15) is 6.61 Å². The van der Waals surface area contributed by atoms with Crippen molar-refractivity contribution in [3.05, 3.63) is 57.6 Å². The Labute approximate surface area is 166 Å². The van der Waals surface area contributed by atoms with Crippen molar-refractivity contribution < 1.29 is 9.47 Å². The molecule has 0 radical (unpaired) electrons. The van der Waals surface area contributed by atoms with Crippen LogP contribution < -0.4 is 14.8 Å². The maximum absolute atomic E-state index is 6.08. The summed E-state index contributed by atoms with van der Waals surface area (Å²) in [5, 5.41) is 3.50. The Morgan fingerprint density at radius 1 is 1.08 bits per heavy atom. The van der Waals surface area contributed by atoms with Gasteiger partial charge in [0.15, 0.2) is 11.5 Å². The van der Waals surface area contributed by atoms with Crippen LogP contribution in [-0.4, -0.2) is 13.2 Å². The number of benzene rings is 2. The fourth-order valence-corrected chi connectivity index (χ4v) is 3.31. The van der Waals surface area contributed by atoms with Crippen LogP contribution in [0.4, 0.5) is 0 Å². The van der Waals surface area contributed by atoms with Crippen molar-refractivity contribution in [1.29, 1.82) is 0 Å². The van der Waals surface area contributed by atoms with Gasteiger partial charge in [0, 0.05) is 6.54 Å². The summed E-state index contributed by atoms with van der Waals surface area (Å²) in [5.41, 5.74) is 3.57. The Kier molecular flexibility index (Phi) is 8.46. The van der Waals surface area contributed by atoms with Gasteiger partial charge in [-0.1, -0.05) is 43.7 Å². The summed E-state index contributed by atoms with van der Waals surface area (Å²) in [5.74, 6) is 2.26. The fourth-order valence-electron chi connectivity index (χ4n) is 2.71. The molecule has 0 fully saturated rings. The van der Waals surface area contributed by atoms with Crippen molar-refractivity contribution >= 4 is 15.9 Å². The summed E-state index contributed by atoms with van der Waals surface area (Å²) in [6, 6.07) is 12.5. The van der Waals surface area contributed by atoms with E-state index in [0.29, 0.717) is 19.1 Å². The van der Waals surface area contributed by atoms with Crippen LogP contribution in [0.15, 0.2) is 40.9 Å². The van der Waals surface area contributed by atoms with Crippen molar-refractivity contribution in [3.63, 3.8) is 0 Å². The van der Waals surface area contributed by atoms with Crippen molar-refractivity contribution in [1.82, 2.24) is 5.32 Å². The first-order valence-electron chi connectivity index (χ1n) is 9.33. The standard InChI is InChI=1S/C22H30BrNO2/c1-5-25-21-13-19(14-24-10-9-16(2)3)12-20(23)22(21)26-15-18-8-6-7-17(4)11-18/h6-8,11-13,16,24H,5,9-10,14-15H2,1-4H3. The van der Waals surface area contributed by atoms with Crippen LogP contribution in [0.2, 0.25) is 0 Å². The first-order chi connectivity index (χ1) is 12.5. The molecule has 2 aromatic carbocycles. The van der Waals surface area contributed by atoms with Crippen molar-refractivity contribution in [2.24, 2.45) is 5.92 Å². The van der Waals surface area contributed by atoms with Crippen LogP contribution >= 0.6 is 15.9 Å². The quantitative estimate of drug-likeness (QED) is 0.488. The highest BCUT2D eigenvalue weighted by molar-refractivity contribution is 9.10. The molecular weight excluding hydrogens is 390 g/mol. The molecule has 142 valence electrons. The van der Waals surface area contributed by atoms with E-state index < -0.39 is 0 Å². The van der Waals surface area contributed by atoms with E-state index in [1.54, 1.807) is 0 Å². The number of halogens is 1. The van der Waals surface area contributed by atoms with E-state index in [1.165, 1.54) is 17.5 Å². The molecule has 0 bridgehead atoms. The Morgan fingerprint density at radius 2 is 1.88 bits per heavy atom. The van der Waals surface area contributed by atoms with Crippen LogP contribution in [0.3, 0.4) is 0 Å². The second-order valence-corrected chi connectivity index (χ2v) is 7.83. The van der Waals surface area contributed by atoms with Gasteiger partial charge in [0.05, 0.1) is 11.1 Å². The van der Waals surface area contributed by atoms with E-state index in [4.69, 9.17) is 9.47 Å². The minimum absolute atomic E-state index is 0.520. The number of ether oxygens (including phenoxy) is 2. The van der Waals surface area contributed by atoms with Gasteiger partial charge in [0.25, 0.3) is 0 Å². The number of rotatable bonds is 10. The first-order valence-corrected chi connectivity index (χ1v) is 10.1. The van der Waals surface area contributed by atoms with Gasteiger partial charge in [-0.2, -0.15) is 0 Å². The largest absolute Gasteiger partial charge is 0.490 e. The number of nitrogens with one attached hydrogen (secondary N) is 1. The SMILES string of the molecule is CCOc1cc(CNCCC(C)C)cc(Br)c1OCc1cccc(C)c1. The molecule has 0 amide bonds. The molecule has 0 aromatic heterocycles. The summed E-state index contributed by atoms with van der Waals surface area (Å²) in [6.45, 7) is 11.5. The predicted octanol–water partition coefficient (Wildman–Crippen LogP) is 5.87. The summed E-state index contributed by atoms with van der Waals surface area (Å²) >= 11 is 3.66. The Balaban J connectivity index is 2.07. The zero-order chi connectivity index (χ0) is 18.9. The Hall–Kier alpha value is -1.52. The van der Waals surface area contributed by atoms with E-state index in [2.05, 4.69) is 78.4 Å². The van der Waals surface area contributed by atoms with Gasteiger partial charge in [-0.05, 0) is 71.9 Å². The second-order valence-electron chi connectivity index (χ2n) is 6.97. The number of hydrogen-bond donors (Lipinski definition) is 1. The Morgan fingerprint density at radius 3 is 2.58 bits per heavy atom. The predicted molar refractivity (Wildman–Crippen MR) is 112 cm³/mol. The average Bonchev–Trinajstić information content (AvgIpc) is 2.58. The molecule has 0 aliphatic rings. The molecule has 0 aliphatic heterocycles. The maximum atomic E-state index is 6.08. The molecule has 0 saturated carbocycles. The normalized spacial score (nSPS) is 11.0. The molecule has 0 unspecified atom stereocenters. The molecule has 0 heterocycles. The first kappa shape index (κ1) is 20.8. The molecule has 2 aromatic rings. The Bertz CT molecular complexity index is 701. The number of hydrogen-bond acceptors (Lipinski definition) is 3. The van der Waals surface area contributed by atoms with Crippen molar-refractivity contribution in [2.45, 2.75) is 47.3 Å². The van der Waals surface area contributed by atoms with E-state index in [9.17, 15) is 0 Å². The van der Waals surface area contributed by atoms with Gasteiger partial charge >= 0.3 is 0 Å². The van der Waals surface area contributed by atoms with Crippen LogP contribution in [0.5, 0.6) is 11.5 Å². The van der Waals surface area contributed by atoms with Gasteiger partial charge in [-0.25, -0.2) is 0 Å². The van der Waals surface area contributed by atoms with Gasteiger partial charge in [-0.3, -0.25) is 0 Å². The third-order valence-electron chi connectivity index (χ3n) is 4.06. The zero-order valence-corrected chi connectivity index (χ0v) is 17.9. The van der Waals surface area contributed by atoms with Crippen molar-refractivity contribution in [3.8, 4) is 11.5 Å². The van der Waals surface area contributed by atoms with Crippen molar-refractivity contribution in [2.75, 3.05) is 13.2 Å². The lowest BCUT2D eigenvalue weighted by molar-refractivity contribution is 0.267. The molecular formula is C22H30BrNO2. The molecule has 0 atom stereocenters. The number of aryl methyl sites for hydroxylation is 1. The van der Waals surface area contributed by atoms with E-state index >= 15 is 0 Å². The van der Waals surface area contributed by atoms with Crippen LogP contribution in [0.1, 0.15) is 43.9 Å². The van der Waals surface area contributed by atoms with Crippen LogP contribution in [0.25, 0.3) is 0 Å². The van der Waals surface area contributed by atoms with Gasteiger partial charge in [0.2, 0.25) is 0 Å². The highest BCUT2D eigenvalue weighted by Gasteiger charge is 2.13. The molecule has 3 nitrogen and oxygen atoms in total. The lowest BCUT2D eigenvalue weighted by Crippen LogP contribution is -2.16. The average molecular weight is 420 g/mol. The topological polar surface area (TPSA) is 30.5 Å². The highest BCUT2D eigenvalue weighted by atomic mass is 79.9. The minimum atomic E-state index is 0.520. The molecule has 0 aliphatic carbocycles. The smallest absolute Gasteiger partial charge is 0.175 e. The monoisotopic (exact) mass is 419 g/mol. The molecule has 0 saturated heterocycles. The van der Waals surface area contributed by atoms with Crippen LogP contribution in [-0.2, 0) is 13.2 Å². The lowest BCUT2D eigenvalue weighted by Gasteiger charge is -2.16. The molecule has 1 N–H and O–H groups in total. The molecule has 26 heavy (non-hydrogen) atoms. The zero-order valence-electron chi connectivity index (χ0n) is 16.3. The van der Waals surface area contributed by atoms with Crippen LogP contribution in [0, 0.1) is 12.8 Å². The van der Waals surface area contributed by atoms with E-state index in [1.807, 2.05) is 6.92 Å². The van der Waals surface area contributed by atoms with E-state index in [0.717, 1.165) is 34.6 Å². The lowest BCUT2D eigenvalue weighted by atomic mass is 10.1. The molecule has 2 rings (SSSR count). The summed E-state index contributed by atoms with van der Waals surface area (Å²) < 4.78 is 12.8. The maximum Gasteiger partial charge on any atom is 0.175 e. The summed E-state index contributed by atoms with van der Waals surface area (Å²) in [6.07, 6.45) is 1.18. The molecule has 0 spiro atoms. The minimum Gasteiger partial charge on any atom is -0.490 e. The third-order valence-corrected chi connectivity index (χ3v) is 4.65. The third kappa shape index (κ3) is 6.65. The highest BCUT2D eigenvalue weighted by Crippen LogP contribution is 2.37. The summed E-state index contributed by atoms with van der Waals surface area (Å²) in [4.78, 5) is 0.